The van der Waals surface area contributed by atoms with Gasteiger partial charge in [-0.3, -0.25) is 4.99 Å². The van der Waals surface area contributed by atoms with Gasteiger partial charge in [0.1, 0.15) is 17.0 Å². The molecule has 1 saturated carbocycles. The van der Waals surface area contributed by atoms with Crippen LogP contribution in [0.4, 0.5) is 5.69 Å². The third-order valence-electron chi connectivity index (χ3n) is 5.99. The van der Waals surface area contributed by atoms with Crippen molar-refractivity contribution in [3.05, 3.63) is 78.9 Å². The van der Waals surface area contributed by atoms with Gasteiger partial charge >= 0.3 is 0 Å². The number of rotatable bonds is 7. The lowest BCUT2D eigenvalue weighted by Crippen LogP contribution is -2.69. The number of nitrogens with zero attached hydrogens (tertiary/aromatic N) is 4. The zero-order valence-corrected chi connectivity index (χ0v) is 17.0. The Hall–Kier alpha value is -3.22. The fraction of sp³-hybridized carbons (Fsp3) is 0.250. The fourth-order valence-corrected chi connectivity index (χ4v) is 4.48. The largest absolute Gasteiger partial charge is 0.457 e. The highest BCUT2D eigenvalue weighted by molar-refractivity contribution is 5.82. The standard InChI is InChI=1S/C24H25N4O2/c1-29-18-24(12-5-13-24)27(28-15-14-25-16-21(28)17-26-19-28)20-8-10-23(11-9-20)30-22-6-3-2-4-7-22/h2-4,6-11,14-17,19H,5,12-13,18H2,1H3/q+1. The summed E-state index contributed by atoms with van der Waals surface area (Å²) in [5.74, 6) is 1.63. The van der Waals surface area contributed by atoms with E-state index in [0.717, 1.165) is 35.7 Å². The molecule has 1 unspecified atom stereocenters. The molecule has 0 N–H and O–H groups in total. The highest BCUT2D eigenvalue weighted by atomic mass is 16.5. The van der Waals surface area contributed by atoms with Gasteiger partial charge in [-0.15, -0.1) is 4.59 Å². The Kier molecular flexibility index (Phi) is 4.73. The molecule has 6 nitrogen and oxygen atoms in total. The zero-order valence-electron chi connectivity index (χ0n) is 17.0. The van der Waals surface area contributed by atoms with E-state index in [9.17, 15) is 0 Å². The molecule has 5 rings (SSSR count). The van der Waals surface area contributed by atoms with Crippen LogP contribution >= 0.6 is 0 Å². The Bertz CT molecular complexity index is 1020. The molecule has 3 aliphatic rings. The number of methoxy groups -OCH3 is 1. The Balaban J connectivity index is 1.53. The maximum absolute atomic E-state index is 6.00. The minimum atomic E-state index is -0.110. The van der Waals surface area contributed by atoms with E-state index in [1.165, 1.54) is 6.42 Å². The highest BCUT2D eigenvalue weighted by Crippen LogP contribution is 2.46. The fourth-order valence-electron chi connectivity index (χ4n) is 4.48. The molecule has 1 atom stereocenters. The summed E-state index contributed by atoms with van der Waals surface area (Å²) in [6, 6.07) is 18.1. The molecule has 152 valence electrons. The van der Waals surface area contributed by atoms with E-state index in [4.69, 9.17) is 9.47 Å². The van der Waals surface area contributed by atoms with Crippen LogP contribution in [0, 0.1) is 0 Å². The first-order valence-electron chi connectivity index (χ1n) is 10.2. The van der Waals surface area contributed by atoms with Crippen LogP contribution in [0.2, 0.25) is 0 Å². The third-order valence-corrected chi connectivity index (χ3v) is 5.99. The first kappa shape index (κ1) is 18.8. The van der Waals surface area contributed by atoms with Gasteiger partial charge in [-0.2, -0.15) is 0 Å². The number of para-hydroxylation sites is 1. The monoisotopic (exact) mass is 401 g/mol. The Morgan fingerprint density at radius 1 is 1.00 bits per heavy atom. The maximum Gasteiger partial charge on any atom is 0.225 e. The minimum absolute atomic E-state index is 0.110. The number of allylic oxidation sites excluding steroid dienone is 1. The van der Waals surface area contributed by atoms with Crippen LogP contribution in [-0.2, 0) is 4.74 Å². The number of hydrogen-bond acceptors (Lipinski definition) is 5. The smallest absolute Gasteiger partial charge is 0.225 e. The van der Waals surface area contributed by atoms with Gasteiger partial charge in [0.15, 0.2) is 6.20 Å². The van der Waals surface area contributed by atoms with Crippen molar-refractivity contribution >= 4 is 18.2 Å². The van der Waals surface area contributed by atoms with E-state index in [-0.39, 0.29) is 5.54 Å². The summed E-state index contributed by atoms with van der Waals surface area (Å²) in [6.45, 7) is 0.654. The van der Waals surface area contributed by atoms with E-state index >= 15 is 0 Å². The topological polar surface area (TPSA) is 46.4 Å². The molecular weight excluding hydrogens is 376 g/mol. The molecule has 6 heteroatoms. The van der Waals surface area contributed by atoms with Crippen LogP contribution in [0.3, 0.4) is 0 Å². The minimum Gasteiger partial charge on any atom is -0.457 e. The molecule has 2 aromatic carbocycles. The van der Waals surface area contributed by atoms with Crippen molar-refractivity contribution in [1.29, 1.82) is 0 Å². The summed E-state index contributed by atoms with van der Waals surface area (Å²) in [4.78, 5) is 8.81. The summed E-state index contributed by atoms with van der Waals surface area (Å²) in [5, 5.41) is 2.41. The van der Waals surface area contributed by atoms with Crippen molar-refractivity contribution in [2.75, 3.05) is 18.7 Å². The first-order valence-corrected chi connectivity index (χ1v) is 10.2. The number of hydrogen-bond donors (Lipinski definition) is 0. The lowest BCUT2D eigenvalue weighted by molar-refractivity contribution is -0.751. The Morgan fingerprint density at radius 2 is 1.77 bits per heavy atom. The van der Waals surface area contributed by atoms with Crippen molar-refractivity contribution in [3.8, 4) is 11.5 Å². The van der Waals surface area contributed by atoms with Crippen LogP contribution in [-0.4, -0.2) is 36.4 Å². The quantitative estimate of drug-likeness (QED) is 0.612. The van der Waals surface area contributed by atoms with Crippen molar-refractivity contribution in [3.63, 3.8) is 0 Å². The van der Waals surface area contributed by atoms with E-state index in [1.807, 2.05) is 67.4 Å². The van der Waals surface area contributed by atoms with Crippen molar-refractivity contribution in [1.82, 2.24) is 0 Å². The summed E-state index contributed by atoms with van der Waals surface area (Å²) in [5.41, 5.74) is 2.00. The predicted octanol–water partition coefficient (Wildman–Crippen LogP) is 5.03. The second-order valence-electron chi connectivity index (χ2n) is 7.86. The van der Waals surface area contributed by atoms with E-state index in [0.29, 0.717) is 11.2 Å². The van der Waals surface area contributed by atoms with E-state index < -0.39 is 0 Å². The van der Waals surface area contributed by atoms with E-state index in [2.05, 4.69) is 33.3 Å². The number of fused-ring (bicyclic) bond motifs is 1. The van der Waals surface area contributed by atoms with Crippen LogP contribution in [0.15, 0.2) is 88.9 Å². The lowest BCUT2D eigenvalue weighted by atomic mass is 9.76. The van der Waals surface area contributed by atoms with Gasteiger partial charge in [-0.1, -0.05) is 18.2 Å². The summed E-state index contributed by atoms with van der Waals surface area (Å²) < 4.78 is 12.1. The molecule has 0 saturated heterocycles. The molecule has 2 heterocycles. The molecule has 2 aliphatic heterocycles. The van der Waals surface area contributed by atoms with Crippen molar-refractivity contribution < 1.29 is 14.1 Å². The zero-order chi connectivity index (χ0) is 20.4. The van der Waals surface area contributed by atoms with Gasteiger partial charge in [0, 0.05) is 7.11 Å². The molecule has 0 radical (unpaired) electrons. The second-order valence-corrected chi connectivity index (χ2v) is 7.86. The Morgan fingerprint density at radius 3 is 2.47 bits per heavy atom. The first-order chi connectivity index (χ1) is 14.8. The normalized spacial score (nSPS) is 22.9. The number of anilines is 1. The summed E-state index contributed by atoms with van der Waals surface area (Å²) in [6.07, 6.45) is 13.0. The number of aliphatic imine (C=N–C) groups is 2. The molecule has 0 spiro atoms. The molecule has 1 aliphatic carbocycles. The van der Waals surface area contributed by atoms with Crippen molar-refractivity contribution in [2.45, 2.75) is 24.8 Å². The number of benzene rings is 2. The van der Waals surface area contributed by atoms with Crippen LogP contribution in [0.1, 0.15) is 19.3 Å². The Labute approximate surface area is 176 Å². The molecule has 0 aromatic heterocycles. The van der Waals surface area contributed by atoms with Crippen molar-refractivity contribution in [2.24, 2.45) is 9.98 Å². The summed E-state index contributed by atoms with van der Waals surface area (Å²) >= 11 is 0. The average molecular weight is 401 g/mol. The van der Waals surface area contributed by atoms with Gasteiger partial charge in [-0.25, -0.2) is 10.0 Å². The molecule has 1 fully saturated rings. The number of ether oxygens (including phenoxy) is 2. The summed E-state index contributed by atoms with van der Waals surface area (Å²) in [7, 11) is 1.78. The van der Waals surface area contributed by atoms with Gasteiger partial charge in [0.25, 0.3) is 0 Å². The second kappa shape index (κ2) is 7.55. The third kappa shape index (κ3) is 3.05. The SMILES string of the molecule is COCC1(N(c2ccc(Oc3ccccc3)cc2)[N+]23C=CN=CC2=CN=C3)CCC1. The van der Waals surface area contributed by atoms with E-state index in [1.54, 1.807) is 7.11 Å². The molecular formula is C24H25N4O2+. The van der Waals surface area contributed by atoms with Gasteiger partial charge in [-0.05, 0) is 55.7 Å². The van der Waals surface area contributed by atoms with Crippen LogP contribution in [0.25, 0.3) is 0 Å². The predicted molar refractivity (Wildman–Crippen MR) is 118 cm³/mol. The number of quaternary nitrogens is 1. The molecule has 2 aromatic rings. The van der Waals surface area contributed by atoms with Gasteiger partial charge < -0.3 is 9.47 Å². The molecule has 30 heavy (non-hydrogen) atoms. The molecule has 0 bridgehead atoms. The van der Waals surface area contributed by atoms with Crippen LogP contribution < -0.4 is 9.75 Å². The highest BCUT2D eigenvalue weighted by Gasteiger charge is 2.55. The van der Waals surface area contributed by atoms with Crippen LogP contribution in [0.5, 0.6) is 11.5 Å². The lowest BCUT2D eigenvalue weighted by Gasteiger charge is -2.54. The average Bonchev–Trinajstić information content (AvgIpc) is 3.19. The van der Waals surface area contributed by atoms with Gasteiger partial charge in [0.2, 0.25) is 12.0 Å². The molecule has 0 amide bonds. The maximum atomic E-state index is 6.00. The van der Waals surface area contributed by atoms with Gasteiger partial charge in [0.05, 0.1) is 30.9 Å².